The van der Waals surface area contributed by atoms with E-state index in [1.807, 2.05) is 29.2 Å². The standard InChI is InChI=1S/C31H30F4N6O4S/c32-21-14-19(39-30(44)38-18-4-5-18)6-7-24(21)45-25-8-9-36-23-15-26(46-29(23)25)22-3-1-2-20(37-22)17-40-10-12-41(13-11-40)27(16-28(42)43)31(33,34)35/h1-3,6-9,14-15,18,27H,4-5,10-13,16-17H2,(H,42,43)(H2,38,39,44). The third-order valence-electron chi connectivity index (χ3n) is 7.74. The lowest BCUT2D eigenvalue weighted by molar-refractivity contribution is -0.194. The SMILES string of the molecule is O=C(O)CC(N1CCN(Cc2cccc(-c3cc4nccc(Oc5ccc(NC(=O)NC6CC6)cc5F)c4s3)n2)CC1)C(F)(F)F. The van der Waals surface area contributed by atoms with Crippen LogP contribution < -0.4 is 15.4 Å². The number of aliphatic carboxylic acids is 1. The summed E-state index contributed by atoms with van der Waals surface area (Å²) in [6.07, 6.45) is -2.16. The van der Waals surface area contributed by atoms with Gasteiger partial charge in [-0.25, -0.2) is 9.18 Å². The molecule has 1 aliphatic heterocycles. The summed E-state index contributed by atoms with van der Waals surface area (Å²) in [6, 6.07) is 11.0. The highest BCUT2D eigenvalue weighted by molar-refractivity contribution is 7.22. The fourth-order valence-electron chi connectivity index (χ4n) is 5.27. The second kappa shape index (κ2) is 13.2. The van der Waals surface area contributed by atoms with Crippen molar-refractivity contribution >= 4 is 39.2 Å². The van der Waals surface area contributed by atoms with Crippen molar-refractivity contribution in [2.45, 2.75) is 44.1 Å². The van der Waals surface area contributed by atoms with Crippen LogP contribution in [0.4, 0.5) is 28.0 Å². The van der Waals surface area contributed by atoms with Gasteiger partial charge in [0.05, 0.1) is 32.9 Å². The Morgan fingerprint density at radius 3 is 2.54 bits per heavy atom. The summed E-state index contributed by atoms with van der Waals surface area (Å²) in [6.45, 7) is 1.29. The Kier molecular flexibility index (Phi) is 9.06. The molecule has 242 valence electrons. The maximum absolute atomic E-state index is 14.9. The van der Waals surface area contributed by atoms with E-state index in [0.717, 1.165) is 23.4 Å². The lowest BCUT2D eigenvalue weighted by Gasteiger charge is -2.39. The van der Waals surface area contributed by atoms with Crippen LogP contribution in [0.2, 0.25) is 0 Å². The number of alkyl halides is 3. The molecule has 0 radical (unpaired) electrons. The predicted molar refractivity (Wildman–Crippen MR) is 163 cm³/mol. The van der Waals surface area contributed by atoms with Crippen LogP contribution in [0.5, 0.6) is 11.5 Å². The Morgan fingerprint density at radius 2 is 1.85 bits per heavy atom. The molecule has 10 nitrogen and oxygen atoms in total. The highest BCUT2D eigenvalue weighted by atomic mass is 32.1. The van der Waals surface area contributed by atoms with Crippen LogP contribution in [0.25, 0.3) is 20.8 Å². The van der Waals surface area contributed by atoms with Gasteiger partial charge < -0.3 is 20.5 Å². The number of piperazine rings is 1. The molecule has 1 aromatic carbocycles. The smallest absolute Gasteiger partial charge is 0.404 e. The fraction of sp³-hybridized carbons (Fsp3) is 0.355. The van der Waals surface area contributed by atoms with Gasteiger partial charge in [-0.15, -0.1) is 11.3 Å². The molecule has 1 saturated heterocycles. The third-order valence-corrected chi connectivity index (χ3v) is 8.90. The van der Waals surface area contributed by atoms with Crippen molar-refractivity contribution in [2.75, 3.05) is 31.5 Å². The molecule has 4 aromatic rings. The van der Waals surface area contributed by atoms with E-state index in [1.54, 1.807) is 18.3 Å². The number of carbonyl (C=O) groups excluding carboxylic acids is 1. The van der Waals surface area contributed by atoms with E-state index in [9.17, 15) is 27.2 Å². The molecule has 46 heavy (non-hydrogen) atoms. The monoisotopic (exact) mass is 658 g/mol. The van der Waals surface area contributed by atoms with E-state index in [0.29, 0.717) is 47.0 Å². The number of ether oxygens (including phenoxy) is 1. The molecule has 4 heterocycles. The molecule has 3 aromatic heterocycles. The summed E-state index contributed by atoms with van der Waals surface area (Å²) in [5.74, 6) is -1.73. The number of pyridine rings is 2. The predicted octanol–water partition coefficient (Wildman–Crippen LogP) is 6.10. The van der Waals surface area contributed by atoms with Crippen LogP contribution in [-0.2, 0) is 11.3 Å². The van der Waals surface area contributed by atoms with Gasteiger partial charge in [-0.3, -0.25) is 24.6 Å². The van der Waals surface area contributed by atoms with Gasteiger partial charge in [0.15, 0.2) is 11.6 Å². The van der Waals surface area contributed by atoms with Crippen LogP contribution in [0.3, 0.4) is 0 Å². The maximum Gasteiger partial charge on any atom is 0.404 e. The van der Waals surface area contributed by atoms with Crippen LogP contribution in [0.1, 0.15) is 25.0 Å². The lowest BCUT2D eigenvalue weighted by atomic mass is 10.1. The summed E-state index contributed by atoms with van der Waals surface area (Å²) in [5.41, 5.74) is 2.34. The van der Waals surface area contributed by atoms with Gasteiger partial charge in [0, 0.05) is 62.8 Å². The van der Waals surface area contributed by atoms with Gasteiger partial charge in [-0.2, -0.15) is 13.2 Å². The minimum atomic E-state index is -4.62. The quantitative estimate of drug-likeness (QED) is 0.175. The first-order chi connectivity index (χ1) is 22.0. The number of anilines is 1. The van der Waals surface area contributed by atoms with Crippen LogP contribution in [0.15, 0.2) is 54.7 Å². The highest BCUT2D eigenvalue weighted by Gasteiger charge is 2.45. The van der Waals surface area contributed by atoms with Crippen molar-refractivity contribution in [1.82, 2.24) is 25.1 Å². The molecular formula is C31H30F4N6O4S. The Hall–Kier alpha value is -4.34. The van der Waals surface area contributed by atoms with E-state index >= 15 is 0 Å². The van der Waals surface area contributed by atoms with Crippen LogP contribution in [-0.4, -0.2) is 81.3 Å². The maximum atomic E-state index is 14.9. The Morgan fingerprint density at radius 1 is 1.07 bits per heavy atom. The number of rotatable bonds is 10. The normalized spacial score (nSPS) is 16.7. The zero-order valence-electron chi connectivity index (χ0n) is 24.4. The topological polar surface area (TPSA) is 120 Å². The first-order valence-electron chi connectivity index (χ1n) is 14.7. The van der Waals surface area contributed by atoms with Crippen LogP contribution >= 0.6 is 11.3 Å². The second-order valence-corrected chi connectivity index (χ2v) is 12.3. The molecule has 1 aliphatic carbocycles. The molecule has 1 atom stereocenters. The van der Waals surface area contributed by atoms with Gasteiger partial charge in [0.25, 0.3) is 0 Å². The molecule has 2 aliphatic rings. The molecule has 2 amide bonds. The number of thiophene rings is 1. The van der Waals surface area contributed by atoms with Gasteiger partial charge >= 0.3 is 18.2 Å². The number of hydrogen-bond donors (Lipinski definition) is 3. The first-order valence-corrected chi connectivity index (χ1v) is 15.5. The van der Waals surface area contributed by atoms with E-state index < -0.39 is 30.4 Å². The molecule has 2 fully saturated rings. The van der Waals surface area contributed by atoms with Crippen molar-refractivity contribution in [2.24, 2.45) is 0 Å². The first kappa shape index (κ1) is 31.6. The number of urea groups is 1. The van der Waals surface area contributed by atoms with E-state index in [2.05, 4.69) is 15.6 Å². The Bertz CT molecular complexity index is 1740. The molecular weight excluding hydrogens is 628 g/mol. The van der Waals surface area contributed by atoms with Crippen molar-refractivity contribution in [1.29, 1.82) is 0 Å². The summed E-state index contributed by atoms with van der Waals surface area (Å²) < 4.78 is 61.9. The Balaban J connectivity index is 1.12. The molecule has 1 unspecified atom stereocenters. The van der Waals surface area contributed by atoms with E-state index in [1.165, 1.54) is 28.4 Å². The molecule has 3 N–H and O–H groups in total. The number of nitrogens with zero attached hydrogens (tertiary/aromatic N) is 4. The van der Waals surface area contributed by atoms with Gasteiger partial charge in [-0.05, 0) is 43.2 Å². The molecule has 1 saturated carbocycles. The van der Waals surface area contributed by atoms with E-state index in [-0.39, 0.29) is 30.9 Å². The summed E-state index contributed by atoms with van der Waals surface area (Å²) in [4.78, 5) is 36.2. The average Bonchev–Trinajstić information content (AvgIpc) is 3.70. The van der Waals surface area contributed by atoms with Gasteiger partial charge in [-0.1, -0.05) is 6.07 Å². The van der Waals surface area contributed by atoms with Crippen molar-refractivity contribution < 1.29 is 37.0 Å². The van der Waals surface area contributed by atoms with Crippen molar-refractivity contribution in [3.8, 4) is 22.1 Å². The number of hydrogen-bond acceptors (Lipinski definition) is 8. The molecule has 15 heteroatoms. The Labute approximate surface area is 265 Å². The summed E-state index contributed by atoms with van der Waals surface area (Å²) >= 11 is 1.38. The molecule has 0 bridgehead atoms. The van der Waals surface area contributed by atoms with Crippen molar-refractivity contribution in [3.05, 3.63) is 66.2 Å². The molecule has 6 rings (SSSR count). The van der Waals surface area contributed by atoms with Gasteiger partial charge in [0.2, 0.25) is 0 Å². The van der Waals surface area contributed by atoms with Crippen molar-refractivity contribution in [3.63, 3.8) is 0 Å². The number of carbonyl (C=O) groups is 2. The summed E-state index contributed by atoms with van der Waals surface area (Å²) in [5, 5.41) is 14.4. The minimum absolute atomic E-state index is 0.0136. The number of halogens is 4. The average molecular weight is 659 g/mol. The number of benzene rings is 1. The highest BCUT2D eigenvalue weighted by Crippen LogP contribution is 2.39. The minimum Gasteiger partial charge on any atom is -0.481 e. The second-order valence-electron chi connectivity index (χ2n) is 11.2. The number of nitrogens with one attached hydrogen (secondary N) is 2. The van der Waals surface area contributed by atoms with E-state index in [4.69, 9.17) is 14.8 Å². The summed E-state index contributed by atoms with van der Waals surface area (Å²) in [7, 11) is 0. The third kappa shape index (κ3) is 7.71. The number of aromatic nitrogens is 2. The zero-order chi connectivity index (χ0) is 32.4. The number of carboxylic acids is 1. The fourth-order valence-corrected chi connectivity index (χ4v) is 6.30. The lowest BCUT2D eigenvalue weighted by Crippen LogP contribution is -2.55. The zero-order valence-corrected chi connectivity index (χ0v) is 25.2. The van der Waals surface area contributed by atoms with Crippen LogP contribution in [0, 0.1) is 5.82 Å². The van der Waals surface area contributed by atoms with Gasteiger partial charge in [0.1, 0.15) is 11.8 Å². The molecule has 0 spiro atoms. The number of amides is 2. The number of fused-ring (bicyclic) bond motifs is 1. The number of carboxylic acid groups (broad SMARTS) is 1. The largest absolute Gasteiger partial charge is 0.481 e.